The van der Waals surface area contributed by atoms with Gasteiger partial charge in [0.2, 0.25) is 5.91 Å². The Morgan fingerprint density at radius 1 is 1.42 bits per heavy atom. The van der Waals surface area contributed by atoms with Gasteiger partial charge in [0.1, 0.15) is 11.6 Å². The van der Waals surface area contributed by atoms with Gasteiger partial charge in [-0.3, -0.25) is 4.79 Å². The molecule has 7 heteroatoms. The lowest BCUT2D eigenvalue weighted by atomic mass is 10.1. The summed E-state index contributed by atoms with van der Waals surface area (Å²) < 4.78 is 32.2. The maximum Gasteiger partial charge on any atom is 0.223 e. The molecule has 1 fully saturated rings. The summed E-state index contributed by atoms with van der Waals surface area (Å²) in [7, 11) is 0. The van der Waals surface area contributed by atoms with Crippen molar-refractivity contribution in [2.45, 2.75) is 31.7 Å². The lowest BCUT2D eigenvalue weighted by Gasteiger charge is -2.30. The molecule has 0 saturated carbocycles. The Morgan fingerprint density at radius 3 is 3.00 bits per heavy atom. The van der Waals surface area contributed by atoms with Gasteiger partial charge in [0, 0.05) is 38.0 Å². The van der Waals surface area contributed by atoms with Crippen molar-refractivity contribution in [1.29, 1.82) is 0 Å². The van der Waals surface area contributed by atoms with Crippen LogP contribution < -0.4 is 5.73 Å². The van der Waals surface area contributed by atoms with E-state index in [1.807, 2.05) is 0 Å². The van der Waals surface area contributed by atoms with Crippen molar-refractivity contribution in [3.63, 3.8) is 0 Å². The number of carbonyl (C=O) groups excluding carboxylic acids is 1. The third-order valence-electron chi connectivity index (χ3n) is 4.11. The Bertz CT molecular complexity index is 732. The molecule has 1 aromatic carbocycles. The molecule has 1 atom stereocenters. The zero-order chi connectivity index (χ0) is 17.1. The summed E-state index contributed by atoms with van der Waals surface area (Å²) in [4.78, 5) is 18.0. The second-order valence-electron chi connectivity index (χ2n) is 5.98. The number of aryl methyl sites for hydroxylation is 1. The van der Waals surface area contributed by atoms with Crippen molar-refractivity contribution in [1.82, 2.24) is 9.88 Å². The third-order valence-corrected chi connectivity index (χ3v) is 4.11. The van der Waals surface area contributed by atoms with Gasteiger partial charge in [-0.25, -0.2) is 13.8 Å². The van der Waals surface area contributed by atoms with Crippen molar-refractivity contribution in [2.75, 3.05) is 13.1 Å². The number of amides is 1. The van der Waals surface area contributed by atoms with Crippen molar-refractivity contribution in [3.05, 3.63) is 41.9 Å². The van der Waals surface area contributed by atoms with Crippen molar-refractivity contribution in [2.24, 2.45) is 5.73 Å². The average Bonchev–Trinajstić information content (AvgIpc) is 3.01. The fourth-order valence-corrected chi connectivity index (χ4v) is 2.85. The SMILES string of the molecule is NC1CCCN(C(=O)CCc2ncc(-c3ccc(F)cc3F)o2)C1. The highest BCUT2D eigenvalue weighted by Gasteiger charge is 2.21. The Hall–Kier alpha value is -2.28. The summed E-state index contributed by atoms with van der Waals surface area (Å²) in [5.41, 5.74) is 6.02. The number of benzene rings is 1. The number of rotatable bonds is 4. The Labute approximate surface area is 138 Å². The summed E-state index contributed by atoms with van der Waals surface area (Å²) in [5.74, 6) is -0.784. The highest BCUT2D eigenvalue weighted by molar-refractivity contribution is 5.76. The minimum absolute atomic E-state index is 0.0119. The molecule has 1 aliphatic rings. The van der Waals surface area contributed by atoms with Gasteiger partial charge in [-0.2, -0.15) is 0 Å². The minimum atomic E-state index is -0.712. The highest BCUT2D eigenvalue weighted by atomic mass is 19.1. The number of piperidine rings is 1. The predicted molar refractivity (Wildman–Crippen MR) is 84.0 cm³/mol. The molecule has 0 aliphatic carbocycles. The van der Waals surface area contributed by atoms with Crippen LogP contribution in [0.1, 0.15) is 25.2 Å². The number of hydrogen-bond acceptors (Lipinski definition) is 4. The maximum absolute atomic E-state index is 13.7. The number of oxazole rings is 1. The zero-order valence-electron chi connectivity index (χ0n) is 13.2. The number of halogens is 2. The van der Waals surface area contributed by atoms with Crippen LogP contribution in [0.25, 0.3) is 11.3 Å². The Morgan fingerprint density at radius 2 is 2.25 bits per heavy atom. The fraction of sp³-hybridized carbons (Fsp3) is 0.412. The van der Waals surface area contributed by atoms with Crippen LogP contribution in [-0.4, -0.2) is 34.9 Å². The number of nitrogens with zero attached hydrogens (tertiary/aromatic N) is 2. The normalized spacial score (nSPS) is 18.0. The molecule has 3 rings (SSSR count). The van der Waals surface area contributed by atoms with Gasteiger partial charge in [0.05, 0.1) is 11.8 Å². The molecule has 1 unspecified atom stereocenters. The maximum atomic E-state index is 13.7. The minimum Gasteiger partial charge on any atom is -0.441 e. The van der Waals surface area contributed by atoms with Gasteiger partial charge in [0.25, 0.3) is 0 Å². The van der Waals surface area contributed by atoms with E-state index >= 15 is 0 Å². The molecule has 1 aliphatic heterocycles. The predicted octanol–water partition coefficient (Wildman–Crippen LogP) is 2.50. The van der Waals surface area contributed by atoms with Crippen molar-refractivity contribution >= 4 is 5.91 Å². The Balaban J connectivity index is 1.61. The quantitative estimate of drug-likeness (QED) is 0.932. The molecule has 2 N–H and O–H groups in total. The molecular formula is C17H19F2N3O2. The lowest BCUT2D eigenvalue weighted by Crippen LogP contribution is -2.45. The number of carbonyl (C=O) groups is 1. The topological polar surface area (TPSA) is 72.4 Å². The van der Waals surface area contributed by atoms with Gasteiger partial charge < -0.3 is 15.1 Å². The highest BCUT2D eigenvalue weighted by Crippen LogP contribution is 2.24. The van der Waals surface area contributed by atoms with E-state index in [-0.39, 0.29) is 29.7 Å². The van der Waals surface area contributed by atoms with Crippen LogP contribution >= 0.6 is 0 Å². The first-order valence-electron chi connectivity index (χ1n) is 7.96. The smallest absolute Gasteiger partial charge is 0.223 e. The van der Waals surface area contributed by atoms with Crippen LogP contribution in [0.4, 0.5) is 8.78 Å². The summed E-state index contributed by atoms with van der Waals surface area (Å²) in [5, 5.41) is 0. The summed E-state index contributed by atoms with van der Waals surface area (Å²) in [6.45, 7) is 1.31. The van der Waals surface area contributed by atoms with E-state index in [2.05, 4.69) is 4.98 Å². The second-order valence-corrected chi connectivity index (χ2v) is 5.98. The van der Waals surface area contributed by atoms with Crippen LogP contribution in [0, 0.1) is 11.6 Å². The van der Waals surface area contributed by atoms with Gasteiger partial charge in [0.15, 0.2) is 11.7 Å². The monoisotopic (exact) mass is 335 g/mol. The largest absolute Gasteiger partial charge is 0.441 e. The van der Waals surface area contributed by atoms with Gasteiger partial charge in [-0.1, -0.05) is 0 Å². The summed E-state index contributed by atoms with van der Waals surface area (Å²) >= 11 is 0. The van der Waals surface area contributed by atoms with Crippen LogP contribution in [0.5, 0.6) is 0 Å². The molecule has 2 aromatic rings. The molecular weight excluding hydrogens is 316 g/mol. The lowest BCUT2D eigenvalue weighted by molar-refractivity contribution is -0.132. The van der Waals surface area contributed by atoms with Gasteiger partial charge in [-0.15, -0.1) is 0 Å². The standard InChI is InChI=1S/C17H19F2N3O2/c18-11-3-4-13(14(19)8-11)15-9-21-16(24-15)5-6-17(23)22-7-1-2-12(20)10-22/h3-4,8-9,12H,1-2,5-7,10,20H2. The van der Waals surface area contributed by atoms with E-state index in [1.54, 1.807) is 4.90 Å². The van der Waals surface area contributed by atoms with E-state index in [1.165, 1.54) is 12.3 Å². The number of likely N-dealkylation sites (tertiary alicyclic amines) is 1. The van der Waals surface area contributed by atoms with Crippen LogP contribution in [-0.2, 0) is 11.2 Å². The molecule has 5 nitrogen and oxygen atoms in total. The molecule has 0 bridgehead atoms. The molecule has 24 heavy (non-hydrogen) atoms. The first-order valence-corrected chi connectivity index (χ1v) is 7.96. The fourth-order valence-electron chi connectivity index (χ4n) is 2.85. The molecule has 0 radical (unpaired) electrons. The van der Waals surface area contributed by atoms with Crippen LogP contribution in [0.2, 0.25) is 0 Å². The van der Waals surface area contributed by atoms with E-state index in [4.69, 9.17) is 10.2 Å². The molecule has 1 saturated heterocycles. The van der Waals surface area contributed by atoms with Gasteiger partial charge >= 0.3 is 0 Å². The molecule has 2 heterocycles. The van der Waals surface area contributed by atoms with Crippen molar-refractivity contribution in [3.8, 4) is 11.3 Å². The number of aromatic nitrogens is 1. The average molecular weight is 335 g/mol. The summed E-state index contributed by atoms with van der Waals surface area (Å²) in [6.07, 6.45) is 3.83. The number of nitrogens with two attached hydrogens (primary N) is 1. The second kappa shape index (κ2) is 7.09. The van der Waals surface area contributed by atoms with Crippen molar-refractivity contribution < 1.29 is 18.0 Å². The van der Waals surface area contributed by atoms with E-state index < -0.39 is 11.6 Å². The first kappa shape index (κ1) is 16.6. The van der Waals surface area contributed by atoms with E-state index in [0.29, 0.717) is 18.9 Å². The van der Waals surface area contributed by atoms with Crippen LogP contribution in [0.15, 0.2) is 28.8 Å². The molecule has 1 aromatic heterocycles. The van der Waals surface area contributed by atoms with Gasteiger partial charge in [-0.05, 0) is 25.0 Å². The van der Waals surface area contributed by atoms with Crippen LogP contribution in [0.3, 0.4) is 0 Å². The molecule has 1 amide bonds. The first-order chi connectivity index (χ1) is 11.5. The number of hydrogen-bond donors (Lipinski definition) is 1. The third kappa shape index (κ3) is 3.79. The van der Waals surface area contributed by atoms with E-state index in [0.717, 1.165) is 31.5 Å². The zero-order valence-corrected chi connectivity index (χ0v) is 13.2. The Kier molecular flexibility index (Phi) is 4.89. The molecule has 0 spiro atoms. The van der Waals surface area contributed by atoms with E-state index in [9.17, 15) is 13.6 Å². The summed E-state index contributed by atoms with van der Waals surface area (Å²) in [6, 6.07) is 3.29. The molecule has 128 valence electrons.